The number of hydrogen-bond donors (Lipinski definition) is 1. The van der Waals surface area contributed by atoms with Crippen molar-refractivity contribution in [2.75, 3.05) is 26.4 Å². The van der Waals surface area contributed by atoms with Crippen molar-refractivity contribution in [2.24, 2.45) is 5.73 Å². The molecular weight excluding hydrogens is 276 g/mol. The zero-order valence-corrected chi connectivity index (χ0v) is 12.7. The van der Waals surface area contributed by atoms with Gasteiger partial charge in [0, 0.05) is 24.3 Å². The lowest BCUT2D eigenvalue weighted by molar-refractivity contribution is -0.115. The van der Waals surface area contributed by atoms with Gasteiger partial charge in [-0.15, -0.1) is 0 Å². The van der Waals surface area contributed by atoms with Gasteiger partial charge in [0.15, 0.2) is 0 Å². The fourth-order valence-corrected chi connectivity index (χ4v) is 3.19. The maximum Gasteiger partial charge on any atom is 0.348 e. The number of carbonyl (C=O) groups is 1. The molecule has 6 nitrogen and oxygen atoms in total. The first-order valence-electron chi connectivity index (χ1n) is 6.67. The number of nitrogens with two attached hydrogens (primary N) is 1. The van der Waals surface area contributed by atoms with E-state index in [4.69, 9.17) is 5.73 Å². The molecule has 1 heterocycles. The number of primary amides is 1. The first-order chi connectivity index (χ1) is 9.49. The minimum absolute atomic E-state index is 0.167. The Hall–Kier alpha value is -1.34. The average molecular weight is 296 g/mol. The number of thioether (sulfide) groups is 1. The molecule has 1 aromatic rings. The minimum atomic E-state index is -0.389. The van der Waals surface area contributed by atoms with Crippen LogP contribution in [0.2, 0.25) is 0 Å². The molecular formula is C13H20N4O2S. The molecule has 0 atom stereocenters. The quantitative estimate of drug-likeness (QED) is 0.584. The maximum absolute atomic E-state index is 12.2. The van der Waals surface area contributed by atoms with Crippen LogP contribution >= 0.6 is 11.8 Å². The highest BCUT2D eigenvalue weighted by Crippen LogP contribution is 2.28. The van der Waals surface area contributed by atoms with E-state index < -0.39 is 0 Å². The third kappa shape index (κ3) is 3.40. The van der Waals surface area contributed by atoms with Gasteiger partial charge in [0.1, 0.15) is 5.03 Å². The van der Waals surface area contributed by atoms with Gasteiger partial charge in [0.05, 0.1) is 5.75 Å². The molecule has 0 unspecified atom stereocenters. The van der Waals surface area contributed by atoms with Crippen molar-refractivity contribution in [3.8, 4) is 0 Å². The SMILES string of the molecule is CN(C)CCn1c2c(c(SCC(N)=O)nc1=O)CCC2. The third-order valence-electron chi connectivity index (χ3n) is 3.32. The number of rotatable bonds is 6. The molecule has 0 bridgehead atoms. The van der Waals surface area contributed by atoms with Crippen LogP contribution in [0.3, 0.4) is 0 Å². The fourth-order valence-electron chi connectivity index (χ4n) is 2.38. The highest BCUT2D eigenvalue weighted by molar-refractivity contribution is 7.99. The number of aromatic nitrogens is 2. The molecule has 0 radical (unpaired) electrons. The van der Waals surface area contributed by atoms with Crippen molar-refractivity contribution >= 4 is 17.7 Å². The van der Waals surface area contributed by atoms with Crippen LogP contribution in [0.25, 0.3) is 0 Å². The standard InChI is InChI=1S/C13H20N4O2S/c1-16(2)6-7-17-10-5-3-4-9(10)12(15-13(17)19)20-8-11(14)18/h3-8H2,1-2H3,(H2,14,18). The van der Waals surface area contributed by atoms with E-state index in [1.807, 2.05) is 19.0 Å². The summed E-state index contributed by atoms with van der Waals surface area (Å²) in [4.78, 5) is 29.2. The molecule has 0 aliphatic heterocycles. The van der Waals surface area contributed by atoms with Crippen LogP contribution in [-0.4, -0.2) is 46.8 Å². The Balaban J connectivity index is 2.30. The second-order valence-electron chi connectivity index (χ2n) is 5.19. The summed E-state index contributed by atoms with van der Waals surface area (Å²) in [7, 11) is 3.96. The Morgan fingerprint density at radius 2 is 2.20 bits per heavy atom. The monoisotopic (exact) mass is 296 g/mol. The molecule has 1 aliphatic rings. The molecule has 0 spiro atoms. The number of hydrogen-bond acceptors (Lipinski definition) is 5. The Bertz CT molecular complexity index is 568. The van der Waals surface area contributed by atoms with Crippen molar-refractivity contribution in [2.45, 2.75) is 30.8 Å². The predicted octanol–water partition coefficient (Wildman–Crippen LogP) is -0.129. The van der Waals surface area contributed by atoms with E-state index in [1.165, 1.54) is 11.8 Å². The van der Waals surface area contributed by atoms with Crippen LogP contribution in [0, 0.1) is 0 Å². The van der Waals surface area contributed by atoms with E-state index in [0.717, 1.165) is 37.1 Å². The van der Waals surface area contributed by atoms with Gasteiger partial charge < -0.3 is 10.6 Å². The van der Waals surface area contributed by atoms with Crippen LogP contribution in [0.5, 0.6) is 0 Å². The smallest absolute Gasteiger partial charge is 0.348 e. The second kappa shape index (κ2) is 6.41. The number of fused-ring (bicyclic) bond motifs is 1. The molecule has 0 saturated heterocycles. The van der Waals surface area contributed by atoms with E-state index in [9.17, 15) is 9.59 Å². The van der Waals surface area contributed by atoms with Crippen molar-refractivity contribution < 1.29 is 4.79 Å². The Labute approximate surface area is 122 Å². The molecule has 0 aromatic carbocycles. The van der Waals surface area contributed by atoms with Gasteiger partial charge in [-0.1, -0.05) is 11.8 Å². The number of nitrogens with zero attached hydrogens (tertiary/aromatic N) is 3. The van der Waals surface area contributed by atoms with Crippen LogP contribution in [0.1, 0.15) is 17.7 Å². The summed E-state index contributed by atoms with van der Waals surface area (Å²) in [5.41, 5.74) is 7.14. The van der Waals surface area contributed by atoms with Crippen LogP contribution in [0.4, 0.5) is 0 Å². The molecule has 1 aromatic heterocycles. The highest BCUT2D eigenvalue weighted by Gasteiger charge is 2.22. The van der Waals surface area contributed by atoms with E-state index >= 15 is 0 Å². The molecule has 2 rings (SSSR count). The summed E-state index contributed by atoms with van der Waals surface area (Å²) >= 11 is 1.27. The zero-order valence-electron chi connectivity index (χ0n) is 11.9. The number of carbonyl (C=O) groups excluding carboxylic acids is 1. The lowest BCUT2D eigenvalue weighted by Gasteiger charge is -2.16. The first kappa shape index (κ1) is 15.1. The molecule has 2 N–H and O–H groups in total. The van der Waals surface area contributed by atoms with Gasteiger partial charge in [-0.25, -0.2) is 4.79 Å². The third-order valence-corrected chi connectivity index (χ3v) is 4.36. The van der Waals surface area contributed by atoms with Crippen LogP contribution in [-0.2, 0) is 24.2 Å². The summed E-state index contributed by atoms with van der Waals surface area (Å²) in [5, 5.41) is 0.683. The van der Waals surface area contributed by atoms with E-state index in [1.54, 1.807) is 4.57 Å². The van der Waals surface area contributed by atoms with E-state index in [2.05, 4.69) is 4.98 Å². The normalized spacial score (nSPS) is 13.8. The molecule has 7 heteroatoms. The topological polar surface area (TPSA) is 81.2 Å². The first-order valence-corrected chi connectivity index (χ1v) is 7.66. The second-order valence-corrected chi connectivity index (χ2v) is 6.15. The molecule has 1 amide bonds. The van der Waals surface area contributed by atoms with Gasteiger partial charge in [-0.05, 0) is 33.4 Å². The summed E-state index contributed by atoms with van der Waals surface area (Å²) in [6, 6.07) is 0. The number of amides is 1. The van der Waals surface area contributed by atoms with E-state index in [-0.39, 0.29) is 17.3 Å². The molecule has 110 valence electrons. The predicted molar refractivity (Wildman–Crippen MR) is 79.0 cm³/mol. The van der Waals surface area contributed by atoms with Crippen molar-refractivity contribution in [3.05, 3.63) is 21.7 Å². The summed E-state index contributed by atoms with van der Waals surface area (Å²) in [6.07, 6.45) is 2.86. The summed E-state index contributed by atoms with van der Waals surface area (Å²) in [6.45, 7) is 1.46. The van der Waals surface area contributed by atoms with Gasteiger partial charge in [-0.3, -0.25) is 9.36 Å². The Morgan fingerprint density at radius 1 is 1.45 bits per heavy atom. The van der Waals surface area contributed by atoms with Gasteiger partial charge >= 0.3 is 5.69 Å². The minimum Gasteiger partial charge on any atom is -0.369 e. The summed E-state index contributed by atoms with van der Waals surface area (Å²) in [5.74, 6) is -0.221. The lowest BCUT2D eigenvalue weighted by atomic mass is 10.2. The van der Waals surface area contributed by atoms with E-state index in [0.29, 0.717) is 11.6 Å². The van der Waals surface area contributed by atoms with Gasteiger partial charge in [-0.2, -0.15) is 4.98 Å². The fraction of sp³-hybridized carbons (Fsp3) is 0.615. The average Bonchev–Trinajstić information content (AvgIpc) is 2.83. The molecule has 0 saturated carbocycles. The van der Waals surface area contributed by atoms with Crippen molar-refractivity contribution in [1.82, 2.24) is 14.5 Å². The highest BCUT2D eigenvalue weighted by atomic mass is 32.2. The maximum atomic E-state index is 12.2. The Kier molecular flexibility index (Phi) is 4.82. The molecule has 20 heavy (non-hydrogen) atoms. The lowest BCUT2D eigenvalue weighted by Crippen LogP contribution is -2.31. The summed E-state index contributed by atoms with van der Waals surface area (Å²) < 4.78 is 1.77. The largest absolute Gasteiger partial charge is 0.369 e. The van der Waals surface area contributed by atoms with Crippen LogP contribution < -0.4 is 11.4 Å². The van der Waals surface area contributed by atoms with Crippen molar-refractivity contribution in [1.29, 1.82) is 0 Å². The number of likely N-dealkylation sites (N-methyl/N-ethyl adjacent to an activating group) is 1. The molecule has 0 fully saturated rings. The molecule has 1 aliphatic carbocycles. The van der Waals surface area contributed by atoms with Crippen molar-refractivity contribution in [3.63, 3.8) is 0 Å². The Morgan fingerprint density at radius 3 is 2.85 bits per heavy atom. The van der Waals surface area contributed by atoms with Gasteiger partial charge in [0.25, 0.3) is 0 Å². The van der Waals surface area contributed by atoms with Crippen LogP contribution in [0.15, 0.2) is 9.82 Å². The van der Waals surface area contributed by atoms with Gasteiger partial charge in [0.2, 0.25) is 5.91 Å². The zero-order chi connectivity index (χ0) is 14.7.